The summed E-state index contributed by atoms with van der Waals surface area (Å²) in [7, 11) is 0. The smallest absolute Gasteiger partial charge is 0.270 e. The van der Waals surface area contributed by atoms with Gasteiger partial charge in [-0.2, -0.15) is 0 Å². The standard InChI is InChI=1S/C23H16N4O4S/c28-21(13-32-23-25-17-8-3-4-9-20(17)31-23)26-27-22(29)15-12-18(19-10-5-11-30-19)24-16-7-2-1-6-14(15)16/h1-12H,13H2,(H,26,28)(H,27,29). The molecular weight excluding hydrogens is 428 g/mol. The van der Waals surface area contributed by atoms with Crippen molar-refractivity contribution in [1.82, 2.24) is 20.8 Å². The van der Waals surface area contributed by atoms with Crippen LogP contribution in [0.3, 0.4) is 0 Å². The molecule has 0 bridgehead atoms. The van der Waals surface area contributed by atoms with Gasteiger partial charge in [-0.1, -0.05) is 42.1 Å². The number of para-hydroxylation sites is 3. The molecule has 0 saturated heterocycles. The van der Waals surface area contributed by atoms with Crippen LogP contribution in [-0.4, -0.2) is 27.5 Å². The summed E-state index contributed by atoms with van der Waals surface area (Å²) in [4.78, 5) is 34.0. The van der Waals surface area contributed by atoms with Crippen molar-refractivity contribution in [3.8, 4) is 11.5 Å². The summed E-state index contributed by atoms with van der Waals surface area (Å²) < 4.78 is 11.0. The van der Waals surface area contributed by atoms with Gasteiger partial charge in [0.2, 0.25) is 5.91 Å². The van der Waals surface area contributed by atoms with Crippen molar-refractivity contribution in [2.45, 2.75) is 5.22 Å². The monoisotopic (exact) mass is 444 g/mol. The highest BCUT2D eigenvalue weighted by molar-refractivity contribution is 7.99. The summed E-state index contributed by atoms with van der Waals surface area (Å²) >= 11 is 1.14. The van der Waals surface area contributed by atoms with Crippen LogP contribution >= 0.6 is 11.8 Å². The molecule has 0 aliphatic rings. The van der Waals surface area contributed by atoms with Gasteiger partial charge in [0.15, 0.2) is 11.3 Å². The van der Waals surface area contributed by atoms with Crippen LogP contribution in [0.15, 0.2) is 87.1 Å². The molecule has 0 spiro atoms. The molecule has 5 aromatic rings. The minimum absolute atomic E-state index is 0.0296. The van der Waals surface area contributed by atoms with Crippen molar-refractivity contribution in [2.24, 2.45) is 0 Å². The van der Waals surface area contributed by atoms with Crippen molar-refractivity contribution in [3.05, 3.63) is 78.6 Å². The summed E-state index contributed by atoms with van der Waals surface area (Å²) in [6.45, 7) is 0. The summed E-state index contributed by atoms with van der Waals surface area (Å²) in [5.41, 5.74) is 7.81. The van der Waals surface area contributed by atoms with Gasteiger partial charge >= 0.3 is 0 Å². The number of rotatable bonds is 5. The van der Waals surface area contributed by atoms with Crippen molar-refractivity contribution < 1.29 is 18.4 Å². The molecule has 0 aliphatic heterocycles. The molecule has 158 valence electrons. The maximum Gasteiger partial charge on any atom is 0.270 e. The Hall–Kier alpha value is -4.11. The van der Waals surface area contributed by atoms with Gasteiger partial charge in [0, 0.05) is 5.39 Å². The van der Waals surface area contributed by atoms with Crippen LogP contribution in [0.1, 0.15) is 10.4 Å². The number of furan rings is 1. The lowest BCUT2D eigenvalue weighted by Crippen LogP contribution is -2.42. The molecular formula is C23H16N4O4S. The number of hydrazine groups is 1. The normalized spacial score (nSPS) is 11.0. The highest BCUT2D eigenvalue weighted by Crippen LogP contribution is 2.25. The van der Waals surface area contributed by atoms with Crippen LogP contribution in [0.5, 0.6) is 0 Å². The number of carbonyl (C=O) groups excluding carboxylic acids is 2. The first-order valence-corrected chi connectivity index (χ1v) is 10.7. The van der Waals surface area contributed by atoms with Gasteiger partial charge in [-0.3, -0.25) is 20.4 Å². The maximum atomic E-state index is 12.9. The molecule has 8 nitrogen and oxygen atoms in total. The molecule has 9 heteroatoms. The average Bonchev–Trinajstić information content (AvgIpc) is 3.50. The molecule has 0 atom stereocenters. The first-order valence-electron chi connectivity index (χ1n) is 9.68. The maximum absolute atomic E-state index is 12.9. The SMILES string of the molecule is O=C(CSc1nc2ccccc2o1)NNC(=O)c1cc(-c2ccco2)nc2ccccc12. The topological polar surface area (TPSA) is 110 Å². The number of oxazole rings is 1. The van der Waals surface area contributed by atoms with E-state index in [-0.39, 0.29) is 5.75 Å². The molecule has 2 amide bonds. The van der Waals surface area contributed by atoms with E-state index in [2.05, 4.69) is 20.8 Å². The zero-order chi connectivity index (χ0) is 21.9. The molecule has 32 heavy (non-hydrogen) atoms. The van der Waals surface area contributed by atoms with Crippen LogP contribution in [0.4, 0.5) is 0 Å². The van der Waals surface area contributed by atoms with Crippen LogP contribution in [0, 0.1) is 0 Å². The molecule has 3 heterocycles. The zero-order valence-corrected chi connectivity index (χ0v) is 17.4. The lowest BCUT2D eigenvalue weighted by atomic mass is 10.1. The number of thioether (sulfide) groups is 1. The van der Waals surface area contributed by atoms with E-state index < -0.39 is 11.8 Å². The summed E-state index contributed by atoms with van der Waals surface area (Å²) in [5.74, 6) is -0.280. The molecule has 0 saturated carbocycles. The number of hydrogen-bond acceptors (Lipinski definition) is 7. The summed E-state index contributed by atoms with van der Waals surface area (Å²) in [6.07, 6.45) is 1.54. The lowest BCUT2D eigenvalue weighted by molar-refractivity contribution is -0.119. The van der Waals surface area contributed by atoms with Gasteiger partial charge < -0.3 is 8.83 Å². The second-order valence-corrected chi connectivity index (χ2v) is 7.71. The minimum Gasteiger partial charge on any atom is -0.463 e. The van der Waals surface area contributed by atoms with Gasteiger partial charge in [0.25, 0.3) is 11.1 Å². The van der Waals surface area contributed by atoms with Crippen LogP contribution in [0.25, 0.3) is 33.5 Å². The third-order valence-corrected chi connectivity index (χ3v) is 5.48. The number of pyridine rings is 1. The van der Waals surface area contributed by atoms with E-state index in [1.54, 1.807) is 30.5 Å². The Morgan fingerprint density at radius 1 is 0.906 bits per heavy atom. The lowest BCUT2D eigenvalue weighted by Gasteiger charge is -2.10. The fraction of sp³-hybridized carbons (Fsp3) is 0.0435. The Balaban J connectivity index is 1.27. The van der Waals surface area contributed by atoms with Crippen LogP contribution in [-0.2, 0) is 4.79 Å². The van der Waals surface area contributed by atoms with Crippen LogP contribution in [0.2, 0.25) is 0 Å². The van der Waals surface area contributed by atoms with Crippen molar-refractivity contribution >= 4 is 45.6 Å². The Kier molecular flexibility index (Phi) is 5.30. The number of amides is 2. The Labute approximate surface area is 186 Å². The van der Waals surface area contributed by atoms with Gasteiger partial charge in [-0.25, -0.2) is 9.97 Å². The number of carbonyl (C=O) groups is 2. The second-order valence-electron chi connectivity index (χ2n) is 6.79. The van der Waals surface area contributed by atoms with E-state index in [9.17, 15) is 9.59 Å². The predicted octanol–water partition coefficient (Wildman–Crippen LogP) is 4.19. The largest absolute Gasteiger partial charge is 0.463 e. The first kappa shape index (κ1) is 19.8. The van der Waals surface area contributed by atoms with Gasteiger partial charge in [-0.05, 0) is 36.4 Å². The molecule has 0 unspecified atom stereocenters. The van der Waals surface area contributed by atoms with E-state index in [0.29, 0.717) is 38.7 Å². The van der Waals surface area contributed by atoms with E-state index >= 15 is 0 Å². The first-order chi connectivity index (χ1) is 15.7. The summed E-state index contributed by atoms with van der Waals surface area (Å²) in [5, 5.41) is 1.05. The van der Waals surface area contributed by atoms with E-state index in [1.807, 2.05) is 42.5 Å². The number of nitrogens with one attached hydrogen (secondary N) is 2. The fourth-order valence-electron chi connectivity index (χ4n) is 3.18. The van der Waals surface area contributed by atoms with Gasteiger partial charge in [0.05, 0.1) is 23.1 Å². The third kappa shape index (κ3) is 4.06. The van der Waals surface area contributed by atoms with Crippen molar-refractivity contribution in [2.75, 3.05) is 5.75 Å². The van der Waals surface area contributed by atoms with Gasteiger partial charge in [0.1, 0.15) is 11.2 Å². The average molecular weight is 444 g/mol. The van der Waals surface area contributed by atoms with E-state index in [4.69, 9.17) is 8.83 Å². The quantitative estimate of drug-likeness (QED) is 0.309. The number of nitrogens with zero attached hydrogens (tertiary/aromatic N) is 2. The molecule has 0 radical (unpaired) electrons. The molecule has 0 fully saturated rings. The van der Waals surface area contributed by atoms with Crippen molar-refractivity contribution in [3.63, 3.8) is 0 Å². The van der Waals surface area contributed by atoms with E-state index in [0.717, 1.165) is 17.3 Å². The molecule has 0 aliphatic carbocycles. The number of aromatic nitrogens is 2. The second kappa shape index (κ2) is 8.56. The molecule has 5 rings (SSSR count). The summed E-state index contributed by atoms with van der Waals surface area (Å²) in [6, 6.07) is 19.8. The molecule has 3 aromatic heterocycles. The highest BCUT2D eigenvalue weighted by Gasteiger charge is 2.16. The van der Waals surface area contributed by atoms with E-state index in [1.165, 1.54) is 0 Å². The van der Waals surface area contributed by atoms with Crippen molar-refractivity contribution in [1.29, 1.82) is 0 Å². The van der Waals surface area contributed by atoms with Gasteiger partial charge in [-0.15, -0.1) is 0 Å². The number of hydrogen-bond donors (Lipinski definition) is 2. The third-order valence-electron chi connectivity index (χ3n) is 4.65. The molecule has 2 aromatic carbocycles. The number of fused-ring (bicyclic) bond motifs is 2. The molecule has 2 N–H and O–H groups in total. The Bertz CT molecular complexity index is 1400. The zero-order valence-electron chi connectivity index (χ0n) is 16.6. The Morgan fingerprint density at radius 3 is 2.53 bits per heavy atom. The predicted molar refractivity (Wildman–Crippen MR) is 120 cm³/mol. The fourth-order valence-corrected chi connectivity index (χ4v) is 3.82. The Morgan fingerprint density at radius 2 is 1.72 bits per heavy atom. The minimum atomic E-state index is -0.461. The van der Waals surface area contributed by atoms with Crippen LogP contribution < -0.4 is 10.9 Å². The highest BCUT2D eigenvalue weighted by atomic mass is 32.2. The number of benzene rings is 2.